The Balaban J connectivity index is 5.26. The molecule has 18 heavy (non-hydrogen) atoms. The molecule has 0 fully saturated rings. The molecule has 1 unspecified atom stereocenters. The highest BCUT2D eigenvalue weighted by Crippen LogP contribution is 2.29. The first-order chi connectivity index (χ1) is 8.56. The molecule has 0 saturated carbocycles. The smallest absolute Gasteiger partial charge is 0.100 e. The van der Waals surface area contributed by atoms with Crippen molar-refractivity contribution in [3.05, 3.63) is 24.4 Å². The number of hydrogen-bond acceptors (Lipinski definition) is 3. The van der Waals surface area contributed by atoms with E-state index >= 15 is 0 Å². The van der Waals surface area contributed by atoms with Gasteiger partial charge in [-0.3, -0.25) is 4.99 Å². The van der Waals surface area contributed by atoms with Crippen molar-refractivity contribution in [2.45, 2.75) is 40.5 Å². The van der Waals surface area contributed by atoms with Crippen molar-refractivity contribution in [1.82, 2.24) is 5.32 Å². The van der Waals surface area contributed by atoms with Gasteiger partial charge < -0.3 is 5.32 Å². The lowest BCUT2D eigenvalue weighted by atomic mass is 9.77. The second-order valence-electron chi connectivity index (χ2n) is 4.57. The Bertz CT molecular complexity index is 356. The van der Waals surface area contributed by atoms with E-state index in [2.05, 4.69) is 29.9 Å². The van der Waals surface area contributed by atoms with Crippen molar-refractivity contribution in [3.8, 4) is 6.07 Å². The number of rotatable bonds is 8. The van der Waals surface area contributed by atoms with Crippen molar-refractivity contribution in [2.75, 3.05) is 13.1 Å². The molecule has 1 atom stereocenters. The monoisotopic (exact) mass is 247 g/mol. The molecule has 0 radical (unpaired) electrons. The summed E-state index contributed by atoms with van der Waals surface area (Å²) in [4.78, 5) is 4.31. The van der Waals surface area contributed by atoms with Crippen LogP contribution < -0.4 is 5.32 Å². The van der Waals surface area contributed by atoms with Crippen LogP contribution in [0.4, 0.5) is 0 Å². The highest BCUT2D eigenvalue weighted by molar-refractivity contribution is 6.02. The summed E-state index contributed by atoms with van der Waals surface area (Å²) in [5.74, 6) is 0. The van der Waals surface area contributed by atoms with Gasteiger partial charge in [0, 0.05) is 6.20 Å². The van der Waals surface area contributed by atoms with Crippen LogP contribution in [0.3, 0.4) is 0 Å². The molecule has 0 aliphatic carbocycles. The average Bonchev–Trinajstić information content (AvgIpc) is 2.34. The van der Waals surface area contributed by atoms with E-state index in [0.717, 1.165) is 37.2 Å². The van der Waals surface area contributed by atoms with E-state index in [1.807, 2.05) is 26.8 Å². The molecule has 0 aliphatic rings. The number of nitrogens with one attached hydrogen (secondary N) is 1. The quantitative estimate of drug-likeness (QED) is 0.527. The molecule has 3 heteroatoms. The average molecular weight is 247 g/mol. The van der Waals surface area contributed by atoms with Crippen molar-refractivity contribution in [3.63, 3.8) is 0 Å². The van der Waals surface area contributed by atoms with E-state index < -0.39 is 5.41 Å². The molecule has 0 amide bonds. The Hall–Kier alpha value is -1.40. The molecule has 0 aliphatic heterocycles. The number of nitriles is 1. The SMILES string of the molecule is C=CN=C(C=C(C)C)C(C#N)(CC)CCNCC. The summed E-state index contributed by atoms with van der Waals surface area (Å²) in [6, 6.07) is 2.45. The first-order valence-corrected chi connectivity index (χ1v) is 6.52. The summed E-state index contributed by atoms with van der Waals surface area (Å²) in [5, 5.41) is 12.8. The topological polar surface area (TPSA) is 48.2 Å². The van der Waals surface area contributed by atoms with Crippen LogP contribution in [0, 0.1) is 16.7 Å². The highest BCUT2D eigenvalue weighted by Gasteiger charge is 2.32. The van der Waals surface area contributed by atoms with Crippen LogP contribution in [0.15, 0.2) is 29.4 Å². The lowest BCUT2D eigenvalue weighted by Crippen LogP contribution is -2.32. The predicted molar refractivity (Wildman–Crippen MR) is 78.6 cm³/mol. The van der Waals surface area contributed by atoms with Crippen LogP contribution in [0.1, 0.15) is 40.5 Å². The number of nitrogens with zero attached hydrogens (tertiary/aromatic N) is 2. The van der Waals surface area contributed by atoms with Gasteiger partial charge in [-0.05, 0) is 45.9 Å². The van der Waals surface area contributed by atoms with Gasteiger partial charge in [0.1, 0.15) is 5.41 Å². The fourth-order valence-electron chi connectivity index (χ4n) is 1.83. The second-order valence-corrected chi connectivity index (χ2v) is 4.57. The Morgan fingerprint density at radius 3 is 2.50 bits per heavy atom. The third-order valence-electron chi connectivity index (χ3n) is 2.94. The van der Waals surface area contributed by atoms with Gasteiger partial charge in [0.05, 0.1) is 11.8 Å². The van der Waals surface area contributed by atoms with Crippen LogP contribution >= 0.6 is 0 Å². The van der Waals surface area contributed by atoms with Crippen LogP contribution in [-0.2, 0) is 0 Å². The molecular weight excluding hydrogens is 222 g/mol. The molecule has 0 heterocycles. The van der Waals surface area contributed by atoms with Crippen molar-refractivity contribution in [2.24, 2.45) is 10.4 Å². The summed E-state index contributed by atoms with van der Waals surface area (Å²) >= 11 is 0. The van der Waals surface area contributed by atoms with Crippen LogP contribution in [0.5, 0.6) is 0 Å². The van der Waals surface area contributed by atoms with Crippen molar-refractivity contribution < 1.29 is 0 Å². The van der Waals surface area contributed by atoms with Gasteiger partial charge in [0.15, 0.2) is 0 Å². The molecule has 0 rings (SSSR count). The Labute approximate surface area is 111 Å². The van der Waals surface area contributed by atoms with Gasteiger partial charge in [0.2, 0.25) is 0 Å². The van der Waals surface area contributed by atoms with Gasteiger partial charge in [-0.1, -0.05) is 26.0 Å². The molecule has 1 N–H and O–H groups in total. The van der Waals surface area contributed by atoms with E-state index in [0.29, 0.717) is 0 Å². The van der Waals surface area contributed by atoms with Gasteiger partial charge in [-0.2, -0.15) is 5.26 Å². The summed E-state index contributed by atoms with van der Waals surface area (Å²) in [6.07, 6.45) is 5.03. The largest absolute Gasteiger partial charge is 0.317 e. The van der Waals surface area contributed by atoms with Crippen LogP contribution in [0.2, 0.25) is 0 Å². The maximum Gasteiger partial charge on any atom is 0.100 e. The first-order valence-electron chi connectivity index (χ1n) is 6.52. The number of hydrogen-bond donors (Lipinski definition) is 1. The van der Waals surface area contributed by atoms with E-state index in [9.17, 15) is 5.26 Å². The first kappa shape index (κ1) is 16.6. The fourth-order valence-corrected chi connectivity index (χ4v) is 1.83. The summed E-state index contributed by atoms with van der Waals surface area (Å²) in [7, 11) is 0. The zero-order valence-corrected chi connectivity index (χ0v) is 12.1. The van der Waals surface area contributed by atoms with E-state index in [4.69, 9.17) is 0 Å². The normalized spacial score (nSPS) is 14.5. The molecule has 0 saturated heterocycles. The minimum absolute atomic E-state index is 0.520. The number of allylic oxidation sites excluding steroid dienone is 2. The minimum Gasteiger partial charge on any atom is -0.317 e. The fraction of sp³-hybridized carbons (Fsp3) is 0.600. The van der Waals surface area contributed by atoms with E-state index in [1.54, 1.807) is 0 Å². The molecule has 0 bridgehead atoms. The van der Waals surface area contributed by atoms with E-state index in [1.165, 1.54) is 6.20 Å². The second kappa shape index (κ2) is 8.66. The molecule has 0 spiro atoms. The maximum absolute atomic E-state index is 9.56. The van der Waals surface area contributed by atoms with Gasteiger partial charge in [-0.25, -0.2) is 0 Å². The molecule has 3 nitrogen and oxygen atoms in total. The lowest BCUT2D eigenvalue weighted by Gasteiger charge is -2.25. The van der Waals surface area contributed by atoms with Crippen molar-refractivity contribution in [1.29, 1.82) is 5.26 Å². The zero-order valence-electron chi connectivity index (χ0n) is 12.1. The number of aliphatic imine (C=N–C) groups is 1. The summed E-state index contributed by atoms with van der Waals surface area (Å²) < 4.78 is 0. The molecular formula is C15H25N3. The minimum atomic E-state index is -0.520. The van der Waals surface area contributed by atoms with Gasteiger partial charge in [0.25, 0.3) is 0 Å². The van der Waals surface area contributed by atoms with Gasteiger partial charge in [-0.15, -0.1) is 0 Å². The lowest BCUT2D eigenvalue weighted by molar-refractivity contribution is 0.465. The predicted octanol–water partition coefficient (Wildman–Crippen LogP) is 3.46. The molecule has 0 aromatic rings. The summed E-state index contributed by atoms with van der Waals surface area (Å²) in [6.45, 7) is 13.5. The zero-order chi connectivity index (χ0) is 14.0. The molecule has 0 aromatic heterocycles. The van der Waals surface area contributed by atoms with Gasteiger partial charge >= 0.3 is 0 Å². The Morgan fingerprint density at radius 2 is 2.11 bits per heavy atom. The Kier molecular flexibility index (Phi) is 7.98. The third-order valence-corrected chi connectivity index (χ3v) is 2.94. The van der Waals surface area contributed by atoms with Crippen LogP contribution in [0.25, 0.3) is 0 Å². The van der Waals surface area contributed by atoms with E-state index in [-0.39, 0.29) is 0 Å². The van der Waals surface area contributed by atoms with Crippen LogP contribution in [-0.4, -0.2) is 18.8 Å². The third kappa shape index (κ3) is 4.85. The van der Waals surface area contributed by atoms with Crippen molar-refractivity contribution >= 4 is 5.71 Å². The summed E-state index contributed by atoms with van der Waals surface area (Å²) in [5.41, 5.74) is 1.45. The Morgan fingerprint density at radius 1 is 1.44 bits per heavy atom. The molecule has 100 valence electrons. The highest BCUT2D eigenvalue weighted by atomic mass is 14.8. The standard InChI is InChI=1S/C15H25N3/c1-6-15(12-16,9-10-17-7-2)14(18-8-3)11-13(4)5/h8,11,17H,3,6-7,9-10H2,1-2,4-5H3. The molecule has 0 aromatic carbocycles. The maximum atomic E-state index is 9.56.